The van der Waals surface area contributed by atoms with E-state index in [0.717, 1.165) is 23.3 Å². The van der Waals surface area contributed by atoms with Crippen LogP contribution in [0.2, 0.25) is 0 Å². The summed E-state index contributed by atoms with van der Waals surface area (Å²) in [5.41, 5.74) is 1.52. The van der Waals surface area contributed by atoms with Crippen LogP contribution in [0, 0.1) is 18.6 Å². The Balaban J connectivity index is 1.98. The van der Waals surface area contributed by atoms with Crippen molar-refractivity contribution in [2.75, 3.05) is 5.32 Å². The first kappa shape index (κ1) is 14.0. The lowest BCUT2D eigenvalue weighted by Gasteiger charge is -2.10. The molecule has 20 heavy (non-hydrogen) atoms. The molecule has 0 unspecified atom stereocenters. The number of urea groups is 1. The predicted molar refractivity (Wildman–Crippen MR) is 73.4 cm³/mol. The summed E-state index contributed by atoms with van der Waals surface area (Å²) in [5.74, 6) is -1.62. The summed E-state index contributed by atoms with van der Waals surface area (Å²) < 4.78 is 26.7. The Labute approximate surface area is 115 Å². The molecule has 0 spiro atoms. The van der Waals surface area contributed by atoms with E-state index < -0.39 is 23.4 Å². The number of benzene rings is 2. The highest BCUT2D eigenvalue weighted by atomic mass is 19.1. The maximum Gasteiger partial charge on any atom is 0.319 e. The number of carbonyl (C=O) groups excluding carboxylic acids is 1. The Bertz CT molecular complexity index is 609. The second kappa shape index (κ2) is 6.14. The Morgan fingerprint density at radius 1 is 1.05 bits per heavy atom. The molecule has 0 aliphatic carbocycles. The minimum Gasteiger partial charge on any atom is -0.334 e. The van der Waals surface area contributed by atoms with E-state index in [2.05, 4.69) is 10.6 Å². The van der Waals surface area contributed by atoms with Crippen LogP contribution < -0.4 is 10.6 Å². The van der Waals surface area contributed by atoms with E-state index in [1.165, 1.54) is 6.07 Å². The van der Waals surface area contributed by atoms with Gasteiger partial charge in [-0.15, -0.1) is 0 Å². The number of halogens is 2. The zero-order valence-corrected chi connectivity index (χ0v) is 10.9. The largest absolute Gasteiger partial charge is 0.334 e. The topological polar surface area (TPSA) is 41.1 Å². The van der Waals surface area contributed by atoms with E-state index in [1.54, 1.807) is 0 Å². The second-order valence-corrected chi connectivity index (χ2v) is 4.33. The van der Waals surface area contributed by atoms with Gasteiger partial charge in [-0.2, -0.15) is 0 Å². The fraction of sp³-hybridized carbons (Fsp3) is 0.133. The molecule has 0 aliphatic heterocycles. The Morgan fingerprint density at radius 2 is 1.70 bits per heavy atom. The van der Waals surface area contributed by atoms with Crippen LogP contribution in [0.1, 0.15) is 11.1 Å². The Hall–Kier alpha value is -2.43. The van der Waals surface area contributed by atoms with Gasteiger partial charge in [-0.25, -0.2) is 13.6 Å². The third-order valence-corrected chi connectivity index (χ3v) is 2.90. The zero-order valence-electron chi connectivity index (χ0n) is 10.9. The van der Waals surface area contributed by atoms with Crippen LogP contribution in [0.5, 0.6) is 0 Å². The summed E-state index contributed by atoms with van der Waals surface area (Å²) in [5, 5.41) is 4.73. The third-order valence-electron chi connectivity index (χ3n) is 2.90. The van der Waals surface area contributed by atoms with E-state index in [-0.39, 0.29) is 6.54 Å². The van der Waals surface area contributed by atoms with E-state index >= 15 is 0 Å². The molecular formula is C15H14F2N2O. The maximum atomic E-state index is 13.4. The van der Waals surface area contributed by atoms with Gasteiger partial charge in [-0.05, 0) is 30.2 Å². The summed E-state index contributed by atoms with van der Waals surface area (Å²) in [7, 11) is 0. The van der Waals surface area contributed by atoms with Gasteiger partial charge >= 0.3 is 6.03 Å². The van der Waals surface area contributed by atoms with Gasteiger partial charge in [-0.1, -0.05) is 30.3 Å². The molecule has 0 radical (unpaired) electrons. The number of anilines is 1. The number of para-hydroxylation sites is 1. The fourth-order valence-corrected chi connectivity index (χ4v) is 1.76. The molecule has 0 aliphatic rings. The molecule has 2 aromatic rings. The van der Waals surface area contributed by atoms with Crippen molar-refractivity contribution in [2.24, 2.45) is 0 Å². The van der Waals surface area contributed by atoms with E-state index in [0.29, 0.717) is 0 Å². The molecule has 104 valence electrons. The number of aryl methyl sites for hydroxylation is 1. The molecule has 0 aromatic heterocycles. The standard InChI is InChI=1S/C15H14F2N2O/c1-10-5-2-3-6-11(10)9-18-15(20)19-14-12(16)7-4-8-13(14)17/h2-8H,9H2,1H3,(H2,18,19,20). The van der Waals surface area contributed by atoms with Crippen molar-refractivity contribution >= 4 is 11.7 Å². The summed E-state index contributed by atoms with van der Waals surface area (Å²) in [6.45, 7) is 2.21. The third kappa shape index (κ3) is 3.32. The van der Waals surface area contributed by atoms with Crippen molar-refractivity contribution in [2.45, 2.75) is 13.5 Å². The first-order valence-electron chi connectivity index (χ1n) is 6.11. The number of rotatable bonds is 3. The lowest BCUT2D eigenvalue weighted by Crippen LogP contribution is -2.29. The molecule has 0 saturated carbocycles. The van der Waals surface area contributed by atoms with Crippen LogP contribution in [0.3, 0.4) is 0 Å². The van der Waals surface area contributed by atoms with E-state index in [1.807, 2.05) is 31.2 Å². The average molecular weight is 276 g/mol. The smallest absolute Gasteiger partial charge is 0.319 e. The monoisotopic (exact) mass is 276 g/mol. The van der Waals surface area contributed by atoms with Crippen molar-refractivity contribution in [1.82, 2.24) is 5.32 Å². The number of hydrogen-bond donors (Lipinski definition) is 2. The van der Waals surface area contributed by atoms with Crippen molar-refractivity contribution < 1.29 is 13.6 Å². The summed E-state index contributed by atoms with van der Waals surface area (Å²) in [6.07, 6.45) is 0. The molecule has 0 atom stereocenters. The van der Waals surface area contributed by atoms with Crippen LogP contribution >= 0.6 is 0 Å². The fourth-order valence-electron chi connectivity index (χ4n) is 1.76. The van der Waals surface area contributed by atoms with Gasteiger partial charge in [0.1, 0.15) is 17.3 Å². The number of hydrogen-bond acceptors (Lipinski definition) is 1. The Kier molecular flexibility index (Phi) is 4.30. The van der Waals surface area contributed by atoms with Gasteiger partial charge in [0.05, 0.1) is 0 Å². The normalized spacial score (nSPS) is 10.2. The number of amides is 2. The summed E-state index contributed by atoms with van der Waals surface area (Å²) in [4.78, 5) is 11.6. The highest BCUT2D eigenvalue weighted by molar-refractivity contribution is 5.89. The number of nitrogens with one attached hydrogen (secondary N) is 2. The molecule has 3 nitrogen and oxygen atoms in total. The summed E-state index contributed by atoms with van der Waals surface area (Å²) >= 11 is 0. The Morgan fingerprint density at radius 3 is 2.35 bits per heavy atom. The van der Waals surface area contributed by atoms with Crippen molar-refractivity contribution in [3.05, 3.63) is 65.2 Å². The highest BCUT2D eigenvalue weighted by Gasteiger charge is 2.11. The molecule has 2 amide bonds. The van der Waals surface area contributed by atoms with Gasteiger partial charge in [-0.3, -0.25) is 0 Å². The van der Waals surface area contributed by atoms with E-state index in [4.69, 9.17) is 0 Å². The predicted octanol–water partition coefficient (Wildman–Crippen LogP) is 3.59. The van der Waals surface area contributed by atoms with E-state index in [9.17, 15) is 13.6 Å². The minimum atomic E-state index is -0.809. The van der Waals surface area contributed by atoms with Crippen LogP contribution in [-0.2, 0) is 6.54 Å². The van der Waals surface area contributed by atoms with Crippen LogP contribution in [0.25, 0.3) is 0 Å². The lowest BCUT2D eigenvalue weighted by molar-refractivity contribution is 0.251. The average Bonchev–Trinajstić information content (AvgIpc) is 2.42. The van der Waals surface area contributed by atoms with Crippen LogP contribution in [0.4, 0.5) is 19.3 Å². The first-order chi connectivity index (χ1) is 9.58. The summed E-state index contributed by atoms with van der Waals surface area (Å²) in [6, 6.07) is 10.3. The first-order valence-corrected chi connectivity index (χ1v) is 6.11. The van der Waals surface area contributed by atoms with Crippen molar-refractivity contribution in [3.8, 4) is 0 Å². The van der Waals surface area contributed by atoms with Gasteiger partial charge in [0, 0.05) is 6.54 Å². The molecule has 2 N–H and O–H groups in total. The van der Waals surface area contributed by atoms with Gasteiger partial charge in [0.25, 0.3) is 0 Å². The van der Waals surface area contributed by atoms with Gasteiger partial charge < -0.3 is 10.6 Å². The lowest BCUT2D eigenvalue weighted by atomic mass is 10.1. The van der Waals surface area contributed by atoms with Crippen LogP contribution in [-0.4, -0.2) is 6.03 Å². The molecule has 0 fully saturated rings. The minimum absolute atomic E-state index is 0.286. The quantitative estimate of drug-likeness (QED) is 0.883. The maximum absolute atomic E-state index is 13.4. The highest BCUT2D eigenvalue weighted by Crippen LogP contribution is 2.17. The molecular weight excluding hydrogens is 262 g/mol. The molecule has 0 saturated heterocycles. The van der Waals surface area contributed by atoms with Gasteiger partial charge in [0.2, 0.25) is 0 Å². The second-order valence-electron chi connectivity index (χ2n) is 4.33. The molecule has 0 heterocycles. The zero-order chi connectivity index (χ0) is 14.5. The number of carbonyl (C=O) groups is 1. The molecule has 2 aromatic carbocycles. The van der Waals surface area contributed by atoms with Crippen LogP contribution in [0.15, 0.2) is 42.5 Å². The van der Waals surface area contributed by atoms with Crippen molar-refractivity contribution in [3.63, 3.8) is 0 Å². The molecule has 5 heteroatoms. The SMILES string of the molecule is Cc1ccccc1CNC(=O)Nc1c(F)cccc1F. The van der Waals surface area contributed by atoms with Gasteiger partial charge in [0.15, 0.2) is 0 Å². The van der Waals surface area contributed by atoms with Crippen molar-refractivity contribution in [1.29, 1.82) is 0 Å². The molecule has 0 bridgehead atoms. The molecule has 2 rings (SSSR count).